The lowest BCUT2D eigenvalue weighted by Crippen LogP contribution is -2.50. The zero-order valence-electron chi connectivity index (χ0n) is 48.3. The van der Waals surface area contributed by atoms with Crippen molar-refractivity contribution in [3.63, 3.8) is 0 Å². The SMILES string of the molecule is C=CCOc1ccccc1.COc1ccc(Cn2c(Br)nc3c(N4CCN(C(=O)OC(C)(C)C)CC4)ncnc32)cc1.COc1ccc(Cn2c(C#CCOc3ccccc3)nc3c(N4CCN(C(=O)OC(C)(C)C)CC4)ncnc32)cc1. The average molecular weight is 1190 g/mol. The Hall–Kier alpha value is -8.90. The van der Waals surface area contributed by atoms with Gasteiger partial charge in [-0.25, -0.2) is 39.5 Å². The molecule has 0 atom stereocenters. The quantitative estimate of drug-likeness (QED) is 0.0601. The van der Waals surface area contributed by atoms with Crippen LogP contribution >= 0.6 is 15.9 Å². The lowest BCUT2D eigenvalue weighted by molar-refractivity contribution is 0.0230. The van der Waals surface area contributed by atoms with Gasteiger partial charge in [-0.1, -0.05) is 79.2 Å². The zero-order valence-corrected chi connectivity index (χ0v) is 49.9. The van der Waals surface area contributed by atoms with E-state index in [4.69, 9.17) is 38.4 Å². The summed E-state index contributed by atoms with van der Waals surface area (Å²) in [6.07, 6.45) is 4.27. The van der Waals surface area contributed by atoms with E-state index in [1.807, 2.05) is 160 Å². The topological polar surface area (TPSA) is 190 Å². The number of imidazole rings is 2. The molecule has 2 fully saturated rings. The number of methoxy groups -OCH3 is 2. The normalized spacial score (nSPS) is 13.4. The summed E-state index contributed by atoms with van der Waals surface area (Å²) < 4.78 is 37.3. The second-order valence-corrected chi connectivity index (χ2v) is 21.9. The molecule has 2 aliphatic rings. The Kier molecular flexibility index (Phi) is 20.4. The Bertz CT molecular complexity index is 3470. The molecule has 0 spiro atoms. The molecule has 0 aliphatic carbocycles. The molecule has 0 bridgehead atoms. The molecule has 0 saturated carbocycles. The maximum atomic E-state index is 12.6. The van der Waals surface area contributed by atoms with Crippen LogP contribution in [0.5, 0.6) is 23.0 Å². The molecule has 4 aromatic carbocycles. The Morgan fingerprint density at radius 1 is 0.566 bits per heavy atom. The summed E-state index contributed by atoms with van der Waals surface area (Å²) in [7, 11) is 3.30. The van der Waals surface area contributed by atoms with Gasteiger partial charge in [0, 0.05) is 52.4 Å². The molecular weight excluding hydrogens is 1120 g/mol. The van der Waals surface area contributed by atoms with E-state index in [1.54, 1.807) is 42.8 Å². The van der Waals surface area contributed by atoms with Crippen molar-refractivity contribution in [2.24, 2.45) is 0 Å². The number of fused-ring (bicyclic) bond motifs is 2. The molecule has 10 rings (SSSR count). The second kappa shape index (κ2) is 28.2. The Balaban J connectivity index is 0.000000189. The smallest absolute Gasteiger partial charge is 0.410 e. The first-order valence-corrected chi connectivity index (χ1v) is 28.0. The van der Waals surface area contributed by atoms with Gasteiger partial charge in [0.15, 0.2) is 44.5 Å². The van der Waals surface area contributed by atoms with Gasteiger partial charge in [-0.05, 0) is 123 Å². The molecule has 0 radical (unpaired) electrons. The maximum absolute atomic E-state index is 12.6. The van der Waals surface area contributed by atoms with Crippen molar-refractivity contribution in [1.82, 2.24) is 48.8 Å². The van der Waals surface area contributed by atoms with E-state index in [0.717, 1.165) is 56.9 Å². The van der Waals surface area contributed by atoms with Crippen molar-refractivity contribution in [3.05, 3.63) is 156 Å². The van der Waals surface area contributed by atoms with Crippen LogP contribution in [0.25, 0.3) is 22.3 Å². The molecule has 8 aromatic rings. The highest BCUT2D eigenvalue weighted by molar-refractivity contribution is 9.10. The number of rotatable bonds is 13. The lowest BCUT2D eigenvalue weighted by atomic mass is 10.2. The summed E-state index contributed by atoms with van der Waals surface area (Å²) in [5, 5.41) is 0. The fourth-order valence-corrected chi connectivity index (χ4v) is 9.25. The summed E-state index contributed by atoms with van der Waals surface area (Å²) in [6, 6.07) is 35.1. The van der Waals surface area contributed by atoms with Crippen LogP contribution in [0.15, 0.2) is 139 Å². The molecule has 2 aliphatic heterocycles. The minimum Gasteiger partial charge on any atom is -0.497 e. The van der Waals surface area contributed by atoms with Gasteiger partial charge >= 0.3 is 12.2 Å². The van der Waals surface area contributed by atoms with Crippen LogP contribution in [0.4, 0.5) is 21.2 Å². The van der Waals surface area contributed by atoms with Crippen molar-refractivity contribution in [1.29, 1.82) is 0 Å². The molecular formula is C62H71BrN12O8. The number of hydrogen-bond acceptors (Lipinski definition) is 16. The first kappa shape index (κ1) is 60.2. The number of amides is 2. The number of ether oxygens (including phenoxy) is 6. The highest BCUT2D eigenvalue weighted by Crippen LogP contribution is 2.29. The molecule has 4 aromatic heterocycles. The molecule has 0 N–H and O–H groups in total. The van der Waals surface area contributed by atoms with Crippen molar-refractivity contribution in [2.75, 3.05) is 89.6 Å². The van der Waals surface area contributed by atoms with Crippen molar-refractivity contribution in [3.8, 4) is 34.8 Å². The molecule has 2 amide bonds. The maximum Gasteiger partial charge on any atom is 0.410 e. The van der Waals surface area contributed by atoms with Gasteiger partial charge in [-0.3, -0.25) is 9.13 Å². The van der Waals surface area contributed by atoms with Gasteiger partial charge in [0.25, 0.3) is 0 Å². The summed E-state index contributed by atoms with van der Waals surface area (Å²) >= 11 is 3.58. The lowest BCUT2D eigenvalue weighted by Gasteiger charge is -2.36. The third kappa shape index (κ3) is 16.8. The number of halogens is 1. The highest BCUT2D eigenvalue weighted by atomic mass is 79.9. The number of carbonyl (C=O) groups excluding carboxylic acids is 2. The average Bonchev–Trinajstić information content (AvgIpc) is 3.24. The Labute approximate surface area is 493 Å². The number of carbonyl (C=O) groups is 2. The predicted octanol–water partition coefficient (Wildman–Crippen LogP) is 10.3. The summed E-state index contributed by atoms with van der Waals surface area (Å²) in [6.45, 7) is 21.4. The zero-order chi connectivity index (χ0) is 58.9. The minimum absolute atomic E-state index is 0.223. The van der Waals surface area contributed by atoms with E-state index < -0.39 is 11.2 Å². The number of nitrogens with zero attached hydrogens (tertiary/aromatic N) is 12. The Morgan fingerprint density at radius 3 is 1.45 bits per heavy atom. The summed E-state index contributed by atoms with van der Waals surface area (Å²) in [5.74, 6) is 11.6. The standard InChI is InChI=1S/C31H34N6O4.C22H27BrN6O3.C9H10O/c1-31(2,3)41-30(38)36-18-16-35(17-19-36)28-27-29(33-22-32-28)37(21-23-12-14-24(39-4)15-13-23)26(34-27)11-8-20-40-25-9-6-5-7-10-25;1-22(2,3)32-21(30)28-11-9-27(10-12-28)18-17-19(25-14-24-18)29(20(23)26-17)13-15-5-7-16(31-4)8-6-15;1-2-8-10-9-6-4-3-5-7-9/h5-7,9-10,12-15,22H,16-21H2,1-4H3;5-8,14H,9-13H2,1-4H3;2-7H,1,8H2. The van der Waals surface area contributed by atoms with Crippen molar-refractivity contribution < 1.29 is 38.0 Å². The van der Waals surface area contributed by atoms with Gasteiger partial charge in [-0.2, -0.15) is 0 Å². The van der Waals surface area contributed by atoms with E-state index >= 15 is 0 Å². The van der Waals surface area contributed by atoms with Crippen LogP contribution < -0.4 is 28.7 Å². The van der Waals surface area contributed by atoms with Crippen LogP contribution in [-0.4, -0.2) is 152 Å². The second-order valence-electron chi connectivity index (χ2n) is 21.1. The molecule has 20 nitrogen and oxygen atoms in total. The fraction of sp³-hybridized carbons (Fsp3) is 0.355. The van der Waals surface area contributed by atoms with Crippen LogP contribution in [-0.2, 0) is 22.6 Å². The molecule has 2 saturated heterocycles. The molecule has 434 valence electrons. The number of aromatic nitrogens is 8. The largest absolute Gasteiger partial charge is 0.497 e. The summed E-state index contributed by atoms with van der Waals surface area (Å²) in [5.41, 5.74) is 3.97. The van der Waals surface area contributed by atoms with Gasteiger partial charge in [0.2, 0.25) is 0 Å². The first-order valence-electron chi connectivity index (χ1n) is 27.2. The van der Waals surface area contributed by atoms with Crippen LogP contribution in [0.1, 0.15) is 58.5 Å². The minimum atomic E-state index is -0.534. The number of benzene rings is 4. The van der Waals surface area contributed by atoms with E-state index in [-0.39, 0.29) is 18.8 Å². The number of piperazine rings is 2. The molecule has 21 heteroatoms. The van der Waals surface area contributed by atoms with Crippen LogP contribution in [0.2, 0.25) is 0 Å². The molecule has 83 heavy (non-hydrogen) atoms. The van der Waals surface area contributed by atoms with E-state index in [9.17, 15) is 9.59 Å². The summed E-state index contributed by atoms with van der Waals surface area (Å²) in [4.78, 5) is 60.5. The van der Waals surface area contributed by atoms with Crippen molar-refractivity contribution >= 4 is 62.1 Å². The van der Waals surface area contributed by atoms with Gasteiger partial charge in [0.1, 0.15) is 60.1 Å². The highest BCUT2D eigenvalue weighted by Gasteiger charge is 2.30. The van der Waals surface area contributed by atoms with Gasteiger partial charge in [0.05, 0.1) is 27.3 Å². The molecule has 0 unspecified atom stereocenters. The van der Waals surface area contributed by atoms with Gasteiger partial charge < -0.3 is 48.0 Å². The van der Waals surface area contributed by atoms with Crippen LogP contribution in [0, 0.1) is 11.8 Å². The molecule has 6 heterocycles. The number of para-hydroxylation sites is 2. The number of hydrogen-bond donors (Lipinski definition) is 0. The predicted molar refractivity (Wildman–Crippen MR) is 324 cm³/mol. The van der Waals surface area contributed by atoms with Gasteiger partial charge in [-0.15, -0.1) is 0 Å². The Morgan fingerprint density at radius 2 is 1.00 bits per heavy atom. The fourth-order valence-electron chi connectivity index (χ4n) is 8.78. The van der Waals surface area contributed by atoms with E-state index in [1.165, 1.54) is 0 Å². The van der Waals surface area contributed by atoms with E-state index in [2.05, 4.69) is 64.1 Å². The third-order valence-corrected chi connectivity index (χ3v) is 13.4. The monoisotopic (exact) mass is 1190 g/mol. The number of anilines is 2. The first-order chi connectivity index (χ1) is 40.0. The van der Waals surface area contributed by atoms with Crippen LogP contribution in [0.3, 0.4) is 0 Å². The van der Waals surface area contributed by atoms with E-state index in [0.29, 0.717) is 93.8 Å². The third-order valence-electron chi connectivity index (χ3n) is 12.8. The van der Waals surface area contributed by atoms with Crippen molar-refractivity contribution in [2.45, 2.75) is 65.8 Å².